The standard InChI is InChI=1S/C16H14F2N2/c1-10-3-15-16(4-11(10)2)20(9-19-15)8-12-5-13(17)7-14(18)6-12/h3-7,9H,8H2,1-2H3. The Hall–Kier alpha value is -2.23. The molecule has 20 heavy (non-hydrogen) atoms. The zero-order chi connectivity index (χ0) is 14.3. The van der Waals surface area contributed by atoms with Gasteiger partial charge in [0.15, 0.2) is 0 Å². The van der Waals surface area contributed by atoms with Crippen LogP contribution in [0.5, 0.6) is 0 Å². The second-order valence-electron chi connectivity index (χ2n) is 5.08. The van der Waals surface area contributed by atoms with Gasteiger partial charge in [-0.15, -0.1) is 0 Å². The van der Waals surface area contributed by atoms with Crippen LogP contribution in [0.15, 0.2) is 36.7 Å². The van der Waals surface area contributed by atoms with Crippen LogP contribution in [0.25, 0.3) is 11.0 Å². The third kappa shape index (κ3) is 2.29. The molecule has 4 heteroatoms. The van der Waals surface area contributed by atoms with Crippen molar-refractivity contribution in [3.63, 3.8) is 0 Å². The molecule has 0 saturated heterocycles. The van der Waals surface area contributed by atoms with Crippen molar-refractivity contribution < 1.29 is 8.78 Å². The second-order valence-corrected chi connectivity index (χ2v) is 5.08. The van der Waals surface area contributed by atoms with E-state index in [0.717, 1.165) is 17.1 Å². The number of imidazole rings is 1. The molecule has 0 atom stereocenters. The molecule has 0 fully saturated rings. The average molecular weight is 272 g/mol. The first-order valence-corrected chi connectivity index (χ1v) is 6.40. The highest BCUT2D eigenvalue weighted by molar-refractivity contribution is 5.77. The van der Waals surface area contributed by atoms with E-state index in [1.54, 1.807) is 6.33 Å². The Kier molecular flexibility index (Phi) is 3.01. The van der Waals surface area contributed by atoms with Crippen LogP contribution >= 0.6 is 0 Å². The number of rotatable bonds is 2. The summed E-state index contributed by atoms with van der Waals surface area (Å²) in [5, 5.41) is 0. The number of nitrogens with zero attached hydrogens (tertiary/aromatic N) is 2. The van der Waals surface area contributed by atoms with Gasteiger partial charge < -0.3 is 4.57 Å². The van der Waals surface area contributed by atoms with Gasteiger partial charge >= 0.3 is 0 Å². The summed E-state index contributed by atoms with van der Waals surface area (Å²) in [6, 6.07) is 7.63. The van der Waals surface area contributed by atoms with Gasteiger partial charge in [0.05, 0.1) is 17.4 Å². The fourth-order valence-electron chi connectivity index (χ4n) is 2.34. The molecule has 3 aromatic rings. The van der Waals surface area contributed by atoms with E-state index in [-0.39, 0.29) is 0 Å². The Morgan fingerprint density at radius 1 is 0.950 bits per heavy atom. The maximum absolute atomic E-state index is 13.2. The number of aryl methyl sites for hydroxylation is 2. The molecule has 0 amide bonds. The Morgan fingerprint density at radius 2 is 1.60 bits per heavy atom. The fourth-order valence-corrected chi connectivity index (χ4v) is 2.34. The molecule has 1 aromatic heterocycles. The summed E-state index contributed by atoms with van der Waals surface area (Å²) < 4.78 is 28.3. The fraction of sp³-hybridized carbons (Fsp3) is 0.188. The summed E-state index contributed by atoms with van der Waals surface area (Å²) in [5.41, 5.74) is 4.80. The van der Waals surface area contributed by atoms with Gasteiger partial charge in [0, 0.05) is 12.6 Å². The van der Waals surface area contributed by atoms with Gasteiger partial charge in [-0.3, -0.25) is 0 Å². The molecular formula is C16H14F2N2. The van der Waals surface area contributed by atoms with Crippen LogP contribution in [0.3, 0.4) is 0 Å². The van der Waals surface area contributed by atoms with E-state index in [0.29, 0.717) is 12.1 Å². The first kappa shape index (κ1) is 12.8. The zero-order valence-electron chi connectivity index (χ0n) is 11.3. The molecule has 1 heterocycles. The predicted octanol–water partition coefficient (Wildman–Crippen LogP) is 3.98. The van der Waals surface area contributed by atoms with Crippen molar-refractivity contribution in [1.29, 1.82) is 0 Å². The van der Waals surface area contributed by atoms with Gasteiger partial charge in [-0.05, 0) is 54.8 Å². The van der Waals surface area contributed by atoms with Crippen molar-refractivity contribution in [3.8, 4) is 0 Å². The lowest BCUT2D eigenvalue weighted by Crippen LogP contribution is -1.99. The summed E-state index contributed by atoms with van der Waals surface area (Å²) in [6.07, 6.45) is 1.70. The van der Waals surface area contributed by atoms with Crippen LogP contribution < -0.4 is 0 Å². The van der Waals surface area contributed by atoms with E-state index >= 15 is 0 Å². The Morgan fingerprint density at radius 3 is 2.30 bits per heavy atom. The number of hydrogen-bond donors (Lipinski definition) is 0. The molecule has 2 aromatic carbocycles. The van der Waals surface area contributed by atoms with Crippen LogP contribution in [0, 0.1) is 25.5 Å². The maximum Gasteiger partial charge on any atom is 0.126 e. The third-order valence-electron chi connectivity index (χ3n) is 3.51. The SMILES string of the molecule is Cc1cc2ncn(Cc3cc(F)cc(F)c3)c2cc1C. The number of hydrogen-bond acceptors (Lipinski definition) is 1. The van der Waals surface area contributed by atoms with E-state index in [4.69, 9.17) is 0 Å². The number of aromatic nitrogens is 2. The van der Waals surface area contributed by atoms with Gasteiger partial charge in [-0.1, -0.05) is 0 Å². The molecule has 0 unspecified atom stereocenters. The Bertz CT molecular complexity index is 770. The molecule has 0 bridgehead atoms. The molecule has 0 aliphatic rings. The number of fused-ring (bicyclic) bond motifs is 1. The minimum atomic E-state index is -0.559. The molecule has 2 nitrogen and oxygen atoms in total. The first-order valence-electron chi connectivity index (χ1n) is 6.40. The highest BCUT2D eigenvalue weighted by atomic mass is 19.1. The summed E-state index contributed by atoms with van der Waals surface area (Å²) in [6.45, 7) is 4.47. The van der Waals surface area contributed by atoms with Crippen molar-refractivity contribution in [1.82, 2.24) is 9.55 Å². The molecule has 102 valence electrons. The van der Waals surface area contributed by atoms with Crippen LogP contribution in [-0.4, -0.2) is 9.55 Å². The topological polar surface area (TPSA) is 17.8 Å². The molecule has 0 saturated carbocycles. The minimum absolute atomic E-state index is 0.397. The molecular weight excluding hydrogens is 258 g/mol. The van der Waals surface area contributed by atoms with Gasteiger partial charge in [0.2, 0.25) is 0 Å². The van der Waals surface area contributed by atoms with E-state index in [1.807, 2.05) is 30.5 Å². The normalized spacial score (nSPS) is 11.2. The van der Waals surface area contributed by atoms with Crippen molar-refractivity contribution in [2.45, 2.75) is 20.4 Å². The Balaban J connectivity index is 2.04. The lowest BCUT2D eigenvalue weighted by Gasteiger charge is -2.07. The van der Waals surface area contributed by atoms with Crippen molar-refractivity contribution in [3.05, 3.63) is 65.0 Å². The lowest BCUT2D eigenvalue weighted by molar-refractivity contribution is 0.578. The van der Waals surface area contributed by atoms with E-state index in [9.17, 15) is 8.78 Å². The molecule has 0 aliphatic carbocycles. The van der Waals surface area contributed by atoms with Crippen LogP contribution in [0.2, 0.25) is 0 Å². The monoisotopic (exact) mass is 272 g/mol. The van der Waals surface area contributed by atoms with E-state index in [2.05, 4.69) is 4.98 Å². The van der Waals surface area contributed by atoms with Gasteiger partial charge in [0.25, 0.3) is 0 Å². The third-order valence-corrected chi connectivity index (χ3v) is 3.51. The van der Waals surface area contributed by atoms with E-state index in [1.165, 1.54) is 23.3 Å². The van der Waals surface area contributed by atoms with Crippen molar-refractivity contribution >= 4 is 11.0 Å². The molecule has 0 spiro atoms. The first-order chi connectivity index (χ1) is 9.52. The van der Waals surface area contributed by atoms with Crippen molar-refractivity contribution in [2.75, 3.05) is 0 Å². The maximum atomic E-state index is 13.2. The summed E-state index contributed by atoms with van der Waals surface area (Å²) >= 11 is 0. The average Bonchev–Trinajstić information content (AvgIpc) is 2.71. The molecule has 3 rings (SSSR count). The smallest absolute Gasteiger partial charge is 0.126 e. The quantitative estimate of drug-likeness (QED) is 0.690. The van der Waals surface area contributed by atoms with Crippen LogP contribution in [0.1, 0.15) is 16.7 Å². The second kappa shape index (κ2) is 4.71. The van der Waals surface area contributed by atoms with Gasteiger partial charge in [-0.25, -0.2) is 13.8 Å². The van der Waals surface area contributed by atoms with Crippen molar-refractivity contribution in [2.24, 2.45) is 0 Å². The van der Waals surface area contributed by atoms with Gasteiger partial charge in [0.1, 0.15) is 11.6 Å². The number of benzene rings is 2. The minimum Gasteiger partial charge on any atom is -0.326 e. The Labute approximate surface area is 115 Å². The van der Waals surface area contributed by atoms with Gasteiger partial charge in [-0.2, -0.15) is 0 Å². The largest absolute Gasteiger partial charge is 0.326 e. The molecule has 0 aliphatic heterocycles. The molecule has 0 N–H and O–H groups in total. The highest BCUT2D eigenvalue weighted by Crippen LogP contribution is 2.20. The van der Waals surface area contributed by atoms with Crippen LogP contribution in [0.4, 0.5) is 8.78 Å². The predicted molar refractivity (Wildman–Crippen MR) is 74.7 cm³/mol. The highest BCUT2D eigenvalue weighted by Gasteiger charge is 2.07. The summed E-state index contributed by atoms with van der Waals surface area (Å²) in [5.74, 6) is -1.12. The van der Waals surface area contributed by atoms with Crippen LogP contribution in [-0.2, 0) is 6.54 Å². The van der Waals surface area contributed by atoms with E-state index < -0.39 is 11.6 Å². The number of halogens is 2. The zero-order valence-corrected chi connectivity index (χ0v) is 11.3. The summed E-state index contributed by atoms with van der Waals surface area (Å²) in [7, 11) is 0. The summed E-state index contributed by atoms with van der Waals surface area (Å²) in [4.78, 5) is 4.34. The molecule has 0 radical (unpaired) electrons. The lowest BCUT2D eigenvalue weighted by atomic mass is 10.1.